The molecule has 0 N–H and O–H groups in total. The van der Waals surface area contributed by atoms with E-state index >= 15 is 0 Å². The smallest absolute Gasteiger partial charge is 0.265 e. The number of nitrogens with zero attached hydrogens (tertiary/aromatic N) is 3. The molecular formula is C112H74B3N3O4. The molecule has 18 aromatic carbocycles. The highest BCUT2D eigenvalue weighted by Gasteiger charge is 2.54. The van der Waals surface area contributed by atoms with E-state index < -0.39 is 18.8 Å². The molecule has 0 unspecified atom stereocenters. The zero-order valence-electron chi connectivity index (χ0n) is 67.2. The zero-order valence-corrected chi connectivity index (χ0v) is 67.2. The number of hydrogen-bond acceptors (Lipinski definition) is 6. The van der Waals surface area contributed by atoms with Crippen LogP contribution in [0.15, 0.2) is 394 Å². The van der Waals surface area contributed by atoms with Gasteiger partial charge in [-0.3, -0.25) is 0 Å². The molecule has 0 radical (unpaired) electrons. The monoisotopic (exact) mass is 1560 g/mol. The molecule has 0 atom stereocenters. The van der Waals surface area contributed by atoms with E-state index in [0.29, 0.717) is 23.0 Å². The van der Waals surface area contributed by atoms with Gasteiger partial charge in [-0.05, 0) is 154 Å². The lowest BCUT2D eigenvalue weighted by Crippen LogP contribution is -2.66. The van der Waals surface area contributed by atoms with E-state index in [0.717, 1.165) is 206 Å². The quantitative estimate of drug-likeness (QED) is 0.127. The van der Waals surface area contributed by atoms with Crippen LogP contribution in [0.1, 0.15) is 26.3 Å². The van der Waals surface area contributed by atoms with Gasteiger partial charge in [-0.2, -0.15) is 0 Å². The summed E-state index contributed by atoms with van der Waals surface area (Å²) in [5.74, 6) is 5.75. The van der Waals surface area contributed by atoms with Crippen molar-refractivity contribution in [1.29, 1.82) is 0 Å². The van der Waals surface area contributed by atoms with Crippen molar-refractivity contribution in [3.63, 3.8) is 0 Å². The lowest BCUT2D eigenvalue weighted by atomic mass is 9.29. The Bertz CT molecular complexity index is 7390. The first-order valence-electron chi connectivity index (χ1n) is 42.3. The van der Waals surface area contributed by atoms with E-state index in [2.05, 4.69) is 429 Å². The van der Waals surface area contributed by atoms with Crippen LogP contribution in [-0.4, -0.2) is 24.7 Å². The van der Waals surface area contributed by atoms with Crippen LogP contribution in [0.3, 0.4) is 0 Å². The van der Waals surface area contributed by atoms with Crippen LogP contribution in [0.4, 0.5) is 34.1 Å². The van der Waals surface area contributed by atoms with Gasteiger partial charge in [-0.25, -0.2) is 0 Å². The van der Waals surface area contributed by atoms with Gasteiger partial charge in [0.25, 0.3) is 20.1 Å². The van der Waals surface area contributed by atoms with Crippen LogP contribution in [0, 0.1) is 0 Å². The third-order valence-electron chi connectivity index (χ3n) is 26.2. The maximum atomic E-state index is 8.41. The Morgan fingerprint density at radius 3 is 1.00 bits per heavy atom. The molecular weight excluding hydrogens is 1480 g/mol. The second-order valence-corrected chi connectivity index (χ2v) is 34.0. The van der Waals surface area contributed by atoms with Crippen molar-refractivity contribution in [3.8, 4) is 130 Å². The normalized spacial score (nSPS) is 13.2. The number of para-hydroxylation sites is 4. The first-order valence-corrected chi connectivity index (χ1v) is 42.3. The van der Waals surface area contributed by atoms with E-state index in [1.165, 1.54) is 10.8 Å². The molecule has 19 aromatic rings. The van der Waals surface area contributed by atoms with Gasteiger partial charge in [-0.15, -0.1) is 0 Å². The molecule has 25 rings (SSSR count). The highest BCUT2D eigenvalue weighted by atomic mass is 16.5. The summed E-state index contributed by atoms with van der Waals surface area (Å²) < 4.78 is 34.4. The summed E-state index contributed by atoms with van der Waals surface area (Å²) in [5, 5.41) is 2.38. The lowest BCUT2D eigenvalue weighted by Gasteiger charge is -2.48. The summed E-state index contributed by atoms with van der Waals surface area (Å²) in [5.41, 5.74) is 34.5. The van der Waals surface area contributed by atoms with Crippen molar-refractivity contribution in [3.05, 3.63) is 400 Å². The van der Waals surface area contributed by atoms with E-state index in [1.807, 2.05) is 0 Å². The molecule has 7 nitrogen and oxygen atoms in total. The summed E-state index contributed by atoms with van der Waals surface area (Å²) >= 11 is 0. The Morgan fingerprint density at radius 1 is 0.230 bits per heavy atom. The Labute approximate surface area is 709 Å². The van der Waals surface area contributed by atoms with Crippen molar-refractivity contribution < 1.29 is 18.9 Å². The maximum Gasteiger partial charge on any atom is 0.265 e. The Hall–Kier alpha value is -15.2. The standard InChI is InChI=1S/C112H74B3N3O4/c1-112(2,3)79-64-94-103-95(65-79)118(109-83(74-41-21-9-22-42-74)49-30-50-84(109)75-43-23-10-24-44-75)96-67-100-106-110(104(96)114(103)87-60-56-80(116-91-51-27-25-45-85(91)86-46-26-28-52-92(86)116)66-93(87)117(94)108-81(72-37-17-7-18-38-72)47-29-48-82(108)73-39-19-8-20-40-73)121-99-63-78(71-35-15-6-16-36-71)55-59-90(99)115(106)107-102(120-100)68-101-105-111(107)122-98-62-77(70-33-13-5-14-34-70)54-58-89(98)113(105)88-57-53-76(61-97(88)119-101)69-31-11-4-12-32-69/h4-68H,1-3H3. The average Bonchev–Trinajstić information content (AvgIpc) is 0.782. The third kappa shape index (κ3) is 10.7. The largest absolute Gasteiger partial charge is 0.459 e. The van der Waals surface area contributed by atoms with Gasteiger partial charge in [0, 0.05) is 90.0 Å². The highest BCUT2D eigenvalue weighted by Crippen LogP contribution is 2.57. The first kappa shape index (κ1) is 69.8. The zero-order chi connectivity index (χ0) is 80.6. The summed E-state index contributed by atoms with van der Waals surface area (Å²) in [6.45, 7) is 5.78. The van der Waals surface area contributed by atoms with Crippen LogP contribution in [-0.2, 0) is 5.41 Å². The van der Waals surface area contributed by atoms with Gasteiger partial charge < -0.3 is 33.3 Å². The fraction of sp³-hybridized carbons (Fsp3) is 0.0357. The predicted octanol–water partition coefficient (Wildman–Crippen LogP) is 23.3. The minimum absolute atomic E-state index is 0.287. The molecule has 6 aliphatic heterocycles. The van der Waals surface area contributed by atoms with Crippen LogP contribution < -0.4 is 77.9 Å². The second-order valence-electron chi connectivity index (χ2n) is 34.0. The molecule has 1 aromatic heterocycles. The van der Waals surface area contributed by atoms with E-state index in [1.54, 1.807) is 0 Å². The van der Waals surface area contributed by atoms with Crippen LogP contribution >= 0.6 is 0 Å². The van der Waals surface area contributed by atoms with Gasteiger partial charge in [0.15, 0.2) is 0 Å². The van der Waals surface area contributed by atoms with E-state index in [9.17, 15) is 0 Å². The number of anilines is 6. The summed E-state index contributed by atoms with van der Waals surface area (Å²) in [4.78, 5) is 5.30. The maximum absolute atomic E-state index is 8.41. The SMILES string of the molecule is CC(C)(C)c1cc2c3c(c1)N(c1c(-c4ccccc4)cccc1-c1ccccc1)c1cc4c5c(c1B3c1ccc(-n3c6ccccc6c6ccccc63)cc1N2c1c(-c2ccccc2)cccc1-c1ccccc1)Oc1cc(-c2ccccc2)ccc1B5c1c(cc2c3c1Oc1cc(-c5ccccc5)ccc1B3c1ccc(-c3ccccc3)cc1O2)O4. The molecule has 0 spiro atoms. The summed E-state index contributed by atoms with van der Waals surface area (Å²) in [7, 11) is 0. The second kappa shape index (κ2) is 27.1. The topological polar surface area (TPSA) is 48.3 Å². The Kier molecular flexibility index (Phi) is 15.5. The number of hydrogen-bond donors (Lipinski definition) is 0. The molecule has 7 heterocycles. The molecule has 0 bridgehead atoms. The van der Waals surface area contributed by atoms with Gasteiger partial charge in [-0.1, -0.05) is 348 Å². The molecule has 0 saturated heterocycles. The average molecular weight is 1560 g/mol. The van der Waals surface area contributed by atoms with Crippen molar-refractivity contribution >= 4 is 125 Å². The minimum atomic E-state index is -0.526. The third-order valence-corrected chi connectivity index (χ3v) is 26.2. The fourth-order valence-electron chi connectivity index (χ4n) is 20.7. The van der Waals surface area contributed by atoms with Gasteiger partial charge in [0.05, 0.1) is 22.4 Å². The summed E-state index contributed by atoms with van der Waals surface area (Å²) in [6, 6.07) is 145. The van der Waals surface area contributed by atoms with Gasteiger partial charge in [0.1, 0.15) is 46.0 Å². The Balaban J connectivity index is 0.830. The fourth-order valence-corrected chi connectivity index (χ4v) is 20.7. The van der Waals surface area contributed by atoms with Crippen LogP contribution in [0.25, 0.3) is 105 Å². The van der Waals surface area contributed by atoms with Crippen molar-refractivity contribution in [1.82, 2.24) is 4.57 Å². The van der Waals surface area contributed by atoms with Crippen molar-refractivity contribution in [2.45, 2.75) is 26.2 Å². The van der Waals surface area contributed by atoms with Crippen LogP contribution in [0.2, 0.25) is 0 Å². The molecule has 6 aliphatic rings. The lowest BCUT2D eigenvalue weighted by molar-refractivity contribution is 0.443. The van der Waals surface area contributed by atoms with Crippen molar-refractivity contribution in [2.24, 2.45) is 0 Å². The number of fused-ring (bicyclic) bond motifs is 17. The number of benzene rings is 18. The predicted molar refractivity (Wildman–Crippen MR) is 507 cm³/mol. The number of rotatable bonds is 10. The Morgan fingerprint density at radius 2 is 0.566 bits per heavy atom. The number of aromatic nitrogens is 1. The summed E-state index contributed by atoms with van der Waals surface area (Å²) in [6.07, 6.45) is 0. The van der Waals surface area contributed by atoms with Crippen molar-refractivity contribution in [2.75, 3.05) is 9.80 Å². The molecule has 10 heteroatoms. The van der Waals surface area contributed by atoms with E-state index in [4.69, 9.17) is 18.9 Å². The van der Waals surface area contributed by atoms with Gasteiger partial charge in [0.2, 0.25) is 0 Å². The molecule has 122 heavy (non-hydrogen) atoms. The highest BCUT2D eigenvalue weighted by molar-refractivity contribution is 7.04. The van der Waals surface area contributed by atoms with Crippen LogP contribution in [0.5, 0.6) is 46.0 Å². The molecule has 0 saturated carbocycles. The minimum Gasteiger partial charge on any atom is -0.459 e. The van der Waals surface area contributed by atoms with Gasteiger partial charge >= 0.3 is 0 Å². The molecule has 0 fully saturated rings. The molecule has 0 aliphatic carbocycles. The molecule has 0 amide bonds. The molecule has 570 valence electrons. The first-order chi connectivity index (χ1) is 60.2. The number of ether oxygens (including phenoxy) is 4. The van der Waals surface area contributed by atoms with E-state index in [-0.39, 0.29) is 6.71 Å².